The largest absolute Gasteiger partial charge is 0.490 e. The van der Waals surface area contributed by atoms with Gasteiger partial charge in [-0.2, -0.15) is 13.2 Å². The summed E-state index contributed by atoms with van der Waals surface area (Å²) in [5, 5.41) is 7.12. The molecule has 1 aromatic heterocycles. The Hall–Kier alpha value is -2.07. The minimum absolute atomic E-state index is 0.245. The number of alkyl halides is 3. The topological polar surface area (TPSA) is 77.2 Å². The van der Waals surface area contributed by atoms with Gasteiger partial charge in [-0.25, -0.2) is 4.79 Å². The smallest absolute Gasteiger partial charge is 0.475 e. The van der Waals surface area contributed by atoms with Gasteiger partial charge in [0.2, 0.25) is 5.91 Å². The first-order valence-electron chi connectivity index (χ1n) is 10.6. The molecule has 0 atom stereocenters. The highest BCUT2D eigenvalue weighted by Crippen LogP contribution is 2.38. The summed E-state index contributed by atoms with van der Waals surface area (Å²) in [6, 6.07) is 4.09. The average Bonchev–Trinajstić information content (AvgIpc) is 3.43. The molecule has 4 rings (SSSR count). The van der Waals surface area contributed by atoms with E-state index < -0.39 is 12.1 Å². The zero-order valence-corrected chi connectivity index (χ0v) is 18.0. The van der Waals surface area contributed by atoms with Gasteiger partial charge >= 0.3 is 12.1 Å². The normalized spacial score (nSPS) is 22.4. The van der Waals surface area contributed by atoms with E-state index >= 15 is 0 Å². The zero-order chi connectivity index (χ0) is 22.8. The summed E-state index contributed by atoms with van der Waals surface area (Å²) in [4.78, 5) is 28.8. The van der Waals surface area contributed by atoms with Crippen LogP contribution in [0.3, 0.4) is 0 Å². The third-order valence-corrected chi connectivity index (χ3v) is 6.33. The molecule has 10 heteroatoms. The molecule has 2 saturated heterocycles. The lowest BCUT2D eigenvalue weighted by Crippen LogP contribution is -2.68. The van der Waals surface area contributed by atoms with Crippen molar-refractivity contribution < 1.29 is 32.3 Å². The van der Waals surface area contributed by atoms with Crippen molar-refractivity contribution in [2.75, 3.05) is 39.8 Å². The van der Waals surface area contributed by atoms with E-state index in [1.807, 2.05) is 24.9 Å². The van der Waals surface area contributed by atoms with Crippen molar-refractivity contribution in [2.24, 2.45) is 5.92 Å². The van der Waals surface area contributed by atoms with Crippen LogP contribution in [0.2, 0.25) is 0 Å². The molecule has 2 aliphatic heterocycles. The number of carbonyl (C=O) groups is 2. The number of piperidine rings is 1. The van der Waals surface area contributed by atoms with Crippen LogP contribution < -0.4 is 0 Å². The van der Waals surface area contributed by atoms with E-state index in [9.17, 15) is 18.0 Å². The van der Waals surface area contributed by atoms with Crippen molar-refractivity contribution in [1.29, 1.82) is 0 Å². The lowest BCUT2D eigenvalue weighted by Gasteiger charge is -2.52. The fourth-order valence-corrected chi connectivity index (χ4v) is 4.36. The molecule has 3 heterocycles. The second-order valence-corrected chi connectivity index (χ2v) is 8.74. The molecular formula is C21H30F3N3O4. The van der Waals surface area contributed by atoms with Gasteiger partial charge in [0.25, 0.3) is 0 Å². The Balaban J connectivity index is 0.000000339. The van der Waals surface area contributed by atoms with Crippen LogP contribution in [0.1, 0.15) is 37.2 Å². The van der Waals surface area contributed by atoms with Crippen LogP contribution in [-0.4, -0.2) is 83.2 Å². The zero-order valence-electron chi connectivity index (χ0n) is 18.0. The van der Waals surface area contributed by atoms with E-state index in [2.05, 4.69) is 15.9 Å². The highest BCUT2D eigenvalue weighted by molar-refractivity contribution is 5.87. The molecule has 3 fully saturated rings. The van der Waals surface area contributed by atoms with Gasteiger partial charge < -0.3 is 14.4 Å². The van der Waals surface area contributed by atoms with Crippen molar-refractivity contribution in [3.63, 3.8) is 0 Å². The molecule has 0 radical (unpaired) electrons. The number of piperazine rings is 1. The maximum absolute atomic E-state index is 13.0. The van der Waals surface area contributed by atoms with Gasteiger partial charge in [0, 0.05) is 39.8 Å². The quantitative estimate of drug-likeness (QED) is 0.768. The minimum Gasteiger partial charge on any atom is -0.475 e. The predicted octanol–water partition coefficient (Wildman–Crippen LogP) is 2.74. The van der Waals surface area contributed by atoms with Crippen LogP contribution in [0.5, 0.6) is 0 Å². The molecule has 1 aromatic rings. The number of furan rings is 1. The van der Waals surface area contributed by atoms with Gasteiger partial charge in [0.15, 0.2) is 0 Å². The molecule has 1 saturated carbocycles. The SMILES string of the molecule is Cc1ccc(CN2CCC3(CC2)C(=O)N(C)CCN3CC2CC2)o1.O=C(O)C(F)(F)F. The predicted molar refractivity (Wildman–Crippen MR) is 106 cm³/mol. The number of likely N-dealkylation sites (tertiary alicyclic amines) is 1. The molecule has 0 bridgehead atoms. The molecule has 1 N–H and O–H groups in total. The second-order valence-electron chi connectivity index (χ2n) is 8.74. The first-order chi connectivity index (χ1) is 14.5. The van der Waals surface area contributed by atoms with Gasteiger partial charge in [-0.3, -0.25) is 14.6 Å². The van der Waals surface area contributed by atoms with Gasteiger partial charge in [0.05, 0.1) is 6.54 Å². The number of amides is 1. The molecular weight excluding hydrogens is 415 g/mol. The Kier molecular flexibility index (Phi) is 7.00. The van der Waals surface area contributed by atoms with Crippen LogP contribution in [0, 0.1) is 12.8 Å². The third-order valence-electron chi connectivity index (χ3n) is 6.33. The maximum Gasteiger partial charge on any atom is 0.490 e. The molecule has 0 unspecified atom stereocenters. The minimum atomic E-state index is -5.08. The lowest BCUT2D eigenvalue weighted by molar-refractivity contribution is -0.192. The molecule has 0 aromatic carbocycles. The Labute approximate surface area is 179 Å². The average molecular weight is 445 g/mol. The number of carboxylic acids is 1. The number of nitrogens with zero attached hydrogens (tertiary/aromatic N) is 3. The molecule has 1 spiro atoms. The number of aliphatic carboxylic acids is 1. The maximum atomic E-state index is 13.0. The highest BCUT2D eigenvalue weighted by Gasteiger charge is 2.50. The van der Waals surface area contributed by atoms with E-state index in [1.54, 1.807) is 0 Å². The third kappa shape index (κ3) is 5.79. The number of likely N-dealkylation sites (N-methyl/N-ethyl adjacent to an activating group) is 1. The van der Waals surface area contributed by atoms with E-state index in [1.165, 1.54) is 12.8 Å². The molecule has 31 heavy (non-hydrogen) atoms. The van der Waals surface area contributed by atoms with E-state index in [-0.39, 0.29) is 5.54 Å². The lowest BCUT2D eigenvalue weighted by atomic mass is 9.82. The van der Waals surface area contributed by atoms with Crippen molar-refractivity contribution in [1.82, 2.24) is 14.7 Å². The highest BCUT2D eigenvalue weighted by atomic mass is 19.4. The summed E-state index contributed by atoms with van der Waals surface area (Å²) in [5.41, 5.74) is -0.245. The number of halogens is 3. The van der Waals surface area contributed by atoms with Crippen LogP contribution >= 0.6 is 0 Å². The van der Waals surface area contributed by atoms with Gasteiger partial charge in [-0.15, -0.1) is 0 Å². The Morgan fingerprint density at radius 3 is 2.29 bits per heavy atom. The molecule has 174 valence electrons. The summed E-state index contributed by atoms with van der Waals surface area (Å²) < 4.78 is 37.5. The van der Waals surface area contributed by atoms with E-state index in [0.29, 0.717) is 5.91 Å². The van der Waals surface area contributed by atoms with Crippen molar-refractivity contribution >= 4 is 11.9 Å². The molecule has 7 nitrogen and oxygen atoms in total. The fourth-order valence-electron chi connectivity index (χ4n) is 4.36. The molecule has 1 aliphatic carbocycles. The summed E-state index contributed by atoms with van der Waals surface area (Å²) in [5.74, 6) is 0.432. The first-order valence-corrected chi connectivity index (χ1v) is 10.6. The number of carbonyl (C=O) groups excluding carboxylic acids is 1. The van der Waals surface area contributed by atoms with Crippen LogP contribution in [0.25, 0.3) is 0 Å². The Bertz CT molecular complexity index is 783. The van der Waals surface area contributed by atoms with E-state index in [4.69, 9.17) is 14.3 Å². The van der Waals surface area contributed by atoms with Crippen LogP contribution in [-0.2, 0) is 16.1 Å². The van der Waals surface area contributed by atoms with Crippen molar-refractivity contribution in [3.05, 3.63) is 23.7 Å². The van der Waals surface area contributed by atoms with Crippen molar-refractivity contribution in [2.45, 2.75) is 50.9 Å². The number of aryl methyl sites for hydroxylation is 1. The van der Waals surface area contributed by atoms with Gasteiger partial charge in [-0.05, 0) is 50.7 Å². The molecule has 3 aliphatic rings. The van der Waals surface area contributed by atoms with Crippen molar-refractivity contribution in [3.8, 4) is 0 Å². The number of carboxylic acid groups (broad SMARTS) is 1. The first kappa shape index (κ1) is 23.6. The number of rotatable bonds is 4. The number of hydrogen-bond acceptors (Lipinski definition) is 5. The van der Waals surface area contributed by atoms with Gasteiger partial charge in [0.1, 0.15) is 17.1 Å². The van der Waals surface area contributed by atoms with Crippen LogP contribution in [0.15, 0.2) is 16.5 Å². The Morgan fingerprint density at radius 2 is 1.81 bits per heavy atom. The summed E-state index contributed by atoms with van der Waals surface area (Å²) >= 11 is 0. The standard InChI is InChI=1S/C19H29N3O2.C2HF3O2/c1-15-3-6-17(24-15)14-21-9-7-19(8-10-21)18(23)20(2)11-12-22(19)13-16-4-5-16;3-2(4,5)1(6)7/h3,6,16H,4-5,7-14H2,1-2H3;(H,6,7). The Morgan fingerprint density at radius 1 is 1.19 bits per heavy atom. The van der Waals surface area contributed by atoms with Crippen LogP contribution in [0.4, 0.5) is 13.2 Å². The summed E-state index contributed by atoms with van der Waals surface area (Å²) in [7, 11) is 1.97. The molecule has 1 amide bonds. The summed E-state index contributed by atoms with van der Waals surface area (Å²) in [6.45, 7) is 7.83. The number of hydrogen-bond donors (Lipinski definition) is 1. The van der Waals surface area contributed by atoms with E-state index in [0.717, 1.165) is 69.5 Å². The van der Waals surface area contributed by atoms with Gasteiger partial charge in [-0.1, -0.05) is 0 Å². The fraction of sp³-hybridized carbons (Fsp3) is 0.714. The summed E-state index contributed by atoms with van der Waals surface area (Å²) in [6.07, 6.45) is -0.494. The monoisotopic (exact) mass is 445 g/mol. The second kappa shape index (κ2) is 9.20.